The summed E-state index contributed by atoms with van der Waals surface area (Å²) in [6.45, 7) is 2.65. The predicted octanol–water partition coefficient (Wildman–Crippen LogP) is 3.15. The van der Waals surface area contributed by atoms with E-state index in [9.17, 15) is 15.2 Å². The van der Waals surface area contributed by atoms with Gasteiger partial charge in [0.05, 0.1) is 4.92 Å². The van der Waals surface area contributed by atoms with Crippen molar-refractivity contribution in [3.8, 4) is 5.75 Å². The van der Waals surface area contributed by atoms with Gasteiger partial charge in [-0.2, -0.15) is 0 Å². The van der Waals surface area contributed by atoms with Crippen LogP contribution in [-0.2, 0) is 6.54 Å². The van der Waals surface area contributed by atoms with Gasteiger partial charge in [0.25, 0.3) is 5.69 Å². The summed E-state index contributed by atoms with van der Waals surface area (Å²) in [6, 6.07) is 13.7. The van der Waals surface area contributed by atoms with Crippen molar-refractivity contribution in [2.75, 3.05) is 0 Å². The van der Waals surface area contributed by atoms with Crippen molar-refractivity contribution in [2.24, 2.45) is 0 Å². The van der Waals surface area contributed by atoms with E-state index in [1.54, 1.807) is 24.3 Å². The van der Waals surface area contributed by atoms with Crippen LogP contribution in [0.25, 0.3) is 0 Å². The van der Waals surface area contributed by atoms with Crippen LogP contribution in [-0.4, -0.2) is 10.0 Å². The summed E-state index contributed by atoms with van der Waals surface area (Å²) in [4.78, 5) is 10.2. The summed E-state index contributed by atoms with van der Waals surface area (Å²) in [5.74, 6) is 0.247. The second-order valence-corrected chi connectivity index (χ2v) is 4.62. The number of non-ortho nitro benzene ring substituents is 1. The van der Waals surface area contributed by atoms with E-state index in [2.05, 4.69) is 5.32 Å². The lowest BCUT2D eigenvalue weighted by Crippen LogP contribution is -2.17. The highest BCUT2D eigenvalue weighted by Crippen LogP contribution is 2.17. The minimum absolute atomic E-state index is 0.0975. The SMILES string of the molecule is CC(NCc1ccc([N+](=O)[O-])cc1)c1ccc(O)cc1. The number of hydrogen-bond acceptors (Lipinski definition) is 4. The molecule has 0 saturated heterocycles. The maximum Gasteiger partial charge on any atom is 0.269 e. The number of phenolic OH excluding ortho intramolecular Hbond substituents is 1. The molecule has 2 aromatic carbocycles. The number of nitro benzene ring substituents is 1. The molecule has 0 spiro atoms. The first kappa shape index (κ1) is 14.0. The zero-order chi connectivity index (χ0) is 14.5. The number of phenols is 1. The molecule has 2 aromatic rings. The Bertz CT molecular complexity index is 579. The van der Waals surface area contributed by atoms with Gasteiger partial charge < -0.3 is 10.4 Å². The van der Waals surface area contributed by atoms with Crippen LogP contribution < -0.4 is 5.32 Å². The number of nitrogens with one attached hydrogen (secondary N) is 1. The molecule has 0 aliphatic carbocycles. The van der Waals surface area contributed by atoms with Gasteiger partial charge in [0, 0.05) is 24.7 Å². The molecule has 5 heteroatoms. The lowest BCUT2D eigenvalue weighted by molar-refractivity contribution is -0.384. The van der Waals surface area contributed by atoms with Crippen molar-refractivity contribution in [3.05, 3.63) is 69.8 Å². The van der Waals surface area contributed by atoms with Crippen LogP contribution in [0.5, 0.6) is 5.75 Å². The first-order chi connectivity index (χ1) is 9.56. The van der Waals surface area contributed by atoms with E-state index in [4.69, 9.17) is 0 Å². The molecule has 1 unspecified atom stereocenters. The molecule has 104 valence electrons. The predicted molar refractivity (Wildman–Crippen MR) is 76.5 cm³/mol. The number of nitro groups is 1. The Morgan fingerprint density at radius 3 is 2.30 bits per heavy atom. The van der Waals surface area contributed by atoms with Crippen molar-refractivity contribution in [1.29, 1.82) is 0 Å². The topological polar surface area (TPSA) is 75.4 Å². The average molecular weight is 272 g/mol. The first-order valence-electron chi connectivity index (χ1n) is 6.32. The second kappa shape index (κ2) is 6.16. The fourth-order valence-corrected chi connectivity index (χ4v) is 1.89. The van der Waals surface area contributed by atoms with Gasteiger partial charge in [0.15, 0.2) is 0 Å². The van der Waals surface area contributed by atoms with Crippen LogP contribution in [0, 0.1) is 10.1 Å². The number of nitrogens with zero attached hydrogens (tertiary/aromatic N) is 1. The van der Waals surface area contributed by atoms with Crippen LogP contribution in [0.4, 0.5) is 5.69 Å². The minimum atomic E-state index is -0.406. The van der Waals surface area contributed by atoms with Gasteiger partial charge in [-0.1, -0.05) is 24.3 Å². The zero-order valence-corrected chi connectivity index (χ0v) is 11.1. The summed E-state index contributed by atoms with van der Waals surface area (Å²) >= 11 is 0. The smallest absolute Gasteiger partial charge is 0.269 e. The lowest BCUT2D eigenvalue weighted by Gasteiger charge is -2.14. The summed E-state index contributed by atoms with van der Waals surface area (Å²) in [5.41, 5.74) is 2.16. The molecule has 0 saturated carbocycles. The van der Waals surface area contributed by atoms with E-state index >= 15 is 0 Å². The molecule has 2 N–H and O–H groups in total. The van der Waals surface area contributed by atoms with E-state index in [1.165, 1.54) is 12.1 Å². The van der Waals surface area contributed by atoms with Crippen LogP contribution >= 0.6 is 0 Å². The van der Waals surface area contributed by atoms with Gasteiger partial charge in [-0.15, -0.1) is 0 Å². The fourth-order valence-electron chi connectivity index (χ4n) is 1.89. The number of aromatic hydroxyl groups is 1. The molecule has 0 heterocycles. The third-order valence-corrected chi connectivity index (χ3v) is 3.15. The fraction of sp³-hybridized carbons (Fsp3) is 0.200. The van der Waals surface area contributed by atoms with Crippen molar-refractivity contribution in [1.82, 2.24) is 5.32 Å². The molecule has 2 rings (SSSR count). The van der Waals surface area contributed by atoms with Crippen molar-refractivity contribution >= 4 is 5.69 Å². The Balaban J connectivity index is 1.94. The van der Waals surface area contributed by atoms with E-state index in [-0.39, 0.29) is 17.5 Å². The average Bonchev–Trinajstić information content (AvgIpc) is 2.46. The molecule has 0 amide bonds. The summed E-state index contributed by atoms with van der Waals surface area (Å²) in [6.07, 6.45) is 0. The van der Waals surface area contributed by atoms with Crippen molar-refractivity contribution < 1.29 is 10.0 Å². The molecule has 0 aliphatic heterocycles. The van der Waals surface area contributed by atoms with Crippen molar-refractivity contribution in [3.63, 3.8) is 0 Å². The van der Waals surface area contributed by atoms with E-state index < -0.39 is 4.92 Å². The molecule has 0 radical (unpaired) electrons. The van der Waals surface area contributed by atoms with Crippen molar-refractivity contribution in [2.45, 2.75) is 19.5 Å². The highest BCUT2D eigenvalue weighted by atomic mass is 16.6. The van der Waals surface area contributed by atoms with Crippen LogP contribution in [0.15, 0.2) is 48.5 Å². The molecule has 0 bridgehead atoms. The highest BCUT2D eigenvalue weighted by Gasteiger charge is 2.07. The second-order valence-electron chi connectivity index (χ2n) is 4.62. The van der Waals surface area contributed by atoms with Gasteiger partial charge >= 0.3 is 0 Å². The number of benzene rings is 2. The molecule has 0 fully saturated rings. The molecule has 1 atom stereocenters. The quantitative estimate of drug-likeness (QED) is 0.647. The van der Waals surface area contributed by atoms with Gasteiger partial charge in [-0.25, -0.2) is 0 Å². The Morgan fingerprint density at radius 2 is 1.75 bits per heavy atom. The Hall–Kier alpha value is -2.40. The Morgan fingerprint density at radius 1 is 1.15 bits per heavy atom. The van der Waals surface area contributed by atoms with Gasteiger partial charge in [0.1, 0.15) is 5.75 Å². The van der Waals surface area contributed by atoms with Crippen LogP contribution in [0.3, 0.4) is 0 Å². The monoisotopic (exact) mass is 272 g/mol. The normalized spacial score (nSPS) is 12.1. The molecule has 0 aliphatic rings. The first-order valence-corrected chi connectivity index (χ1v) is 6.32. The summed E-state index contributed by atoms with van der Waals surface area (Å²) in [5, 5.41) is 23.1. The van der Waals surface area contributed by atoms with Gasteiger partial charge in [0.2, 0.25) is 0 Å². The highest BCUT2D eigenvalue weighted by molar-refractivity contribution is 5.33. The zero-order valence-electron chi connectivity index (χ0n) is 11.1. The van der Waals surface area contributed by atoms with Gasteiger partial charge in [-0.3, -0.25) is 10.1 Å². The van der Waals surface area contributed by atoms with E-state index in [0.717, 1.165) is 11.1 Å². The standard InChI is InChI=1S/C15H16N2O3/c1-11(13-4-8-15(18)9-5-13)16-10-12-2-6-14(7-3-12)17(19)20/h2-9,11,16,18H,10H2,1H3. The van der Waals surface area contributed by atoms with Gasteiger partial charge in [-0.05, 0) is 30.2 Å². The maximum absolute atomic E-state index is 10.6. The maximum atomic E-state index is 10.6. The molecular formula is C15H16N2O3. The minimum Gasteiger partial charge on any atom is -0.508 e. The van der Waals surface area contributed by atoms with E-state index in [0.29, 0.717) is 6.54 Å². The van der Waals surface area contributed by atoms with Crippen LogP contribution in [0.1, 0.15) is 24.1 Å². The van der Waals surface area contributed by atoms with Crippen LogP contribution in [0.2, 0.25) is 0 Å². The molecular weight excluding hydrogens is 256 g/mol. The number of rotatable bonds is 5. The summed E-state index contributed by atoms with van der Waals surface area (Å²) < 4.78 is 0. The molecule has 20 heavy (non-hydrogen) atoms. The Labute approximate surface area is 117 Å². The molecule has 5 nitrogen and oxygen atoms in total. The summed E-state index contributed by atoms with van der Waals surface area (Å²) in [7, 11) is 0. The number of hydrogen-bond donors (Lipinski definition) is 2. The third-order valence-electron chi connectivity index (χ3n) is 3.15. The van der Waals surface area contributed by atoms with E-state index in [1.807, 2.05) is 19.1 Å². The lowest BCUT2D eigenvalue weighted by atomic mass is 10.1. The largest absolute Gasteiger partial charge is 0.508 e. The molecule has 0 aromatic heterocycles. The third kappa shape index (κ3) is 3.55. The Kier molecular flexibility index (Phi) is 4.32.